The summed E-state index contributed by atoms with van der Waals surface area (Å²) in [6, 6.07) is 17.0. The van der Waals surface area contributed by atoms with Crippen molar-refractivity contribution in [3.05, 3.63) is 88.6 Å². The fraction of sp³-hybridized carbons (Fsp3) is 0.190. The quantitative estimate of drug-likeness (QED) is 0.543. The molecule has 0 aliphatic rings. The summed E-state index contributed by atoms with van der Waals surface area (Å²) in [5, 5.41) is 7.10. The van der Waals surface area contributed by atoms with Crippen molar-refractivity contribution in [1.29, 1.82) is 0 Å². The highest BCUT2D eigenvalue weighted by Crippen LogP contribution is 2.13. The van der Waals surface area contributed by atoms with Gasteiger partial charge in [-0.25, -0.2) is 4.98 Å². The van der Waals surface area contributed by atoms with Crippen LogP contribution in [0.15, 0.2) is 70.2 Å². The summed E-state index contributed by atoms with van der Waals surface area (Å²) in [5.74, 6) is -0.215. The monoisotopic (exact) mass is 389 g/mol. The fourth-order valence-corrected chi connectivity index (χ4v) is 3.00. The number of hydrogen-bond donors (Lipinski definition) is 1. The number of amides is 1. The maximum absolute atomic E-state index is 12.5. The van der Waals surface area contributed by atoms with Crippen LogP contribution in [0.25, 0.3) is 10.9 Å². The van der Waals surface area contributed by atoms with E-state index < -0.39 is 5.91 Å². The first-order valence-corrected chi connectivity index (χ1v) is 9.22. The first kappa shape index (κ1) is 18.5. The maximum Gasteiger partial charge on any atom is 0.316 e. The minimum Gasteiger partial charge on any atom is -0.347 e. The number of carbonyl (C=O) groups is 1. The Labute approximate surface area is 166 Å². The van der Waals surface area contributed by atoms with Crippen LogP contribution in [-0.2, 0) is 6.54 Å². The molecule has 0 aliphatic heterocycles. The predicted molar refractivity (Wildman–Crippen MR) is 107 cm³/mol. The minimum absolute atomic E-state index is 0.0634. The van der Waals surface area contributed by atoms with Gasteiger partial charge >= 0.3 is 11.8 Å². The van der Waals surface area contributed by atoms with Gasteiger partial charge in [0.05, 0.1) is 23.8 Å². The van der Waals surface area contributed by atoms with E-state index in [2.05, 4.69) is 20.4 Å². The van der Waals surface area contributed by atoms with E-state index in [4.69, 9.17) is 4.52 Å². The number of hydrogen-bond acceptors (Lipinski definition) is 6. The van der Waals surface area contributed by atoms with Crippen LogP contribution >= 0.6 is 0 Å². The summed E-state index contributed by atoms with van der Waals surface area (Å²) in [7, 11) is 0. The summed E-state index contributed by atoms with van der Waals surface area (Å²) in [6.45, 7) is 2.52. The number of aromatic nitrogens is 4. The molecule has 1 amide bonds. The molecule has 1 atom stereocenters. The van der Waals surface area contributed by atoms with Gasteiger partial charge in [0.2, 0.25) is 0 Å². The van der Waals surface area contributed by atoms with Crippen molar-refractivity contribution in [2.24, 2.45) is 0 Å². The molecule has 8 heteroatoms. The van der Waals surface area contributed by atoms with E-state index in [-0.39, 0.29) is 29.7 Å². The Kier molecular flexibility index (Phi) is 5.15. The van der Waals surface area contributed by atoms with Gasteiger partial charge in [-0.2, -0.15) is 4.98 Å². The largest absolute Gasteiger partial charge is 0.347 e. The van der Waals surface area contributed by atoms with Gasteiger partial charge in [-0.15, -0.1) is 0 Å². The van der Waals surface area contributed by atoms with E-state index in [0.29, 0.717) is 17.4 Å². The number of rotatable bonds is 6. The molecule has 0 saturated carbocycles. The Hall–Kier alpha value is -3.81. The van der Waals surface area contributed by atoms with Gasteiger partial charge < -0.3 is 9.84 Å². The molecule has 0 fully saturated rings. The van der Waals surface area contributed by atoms with Crippen LogP contribution in [0.5, 0.6) is 0 Å². The molecule has 2 aromatic carbocycles. The molecule has 0 bridgehead atoms. The molecule has 0 radical (unpaired) electrons. The van der Waals surface area contributed by atoms with Crippen LogP contribution in [0.3, 0.4) is 0 Å². The van der Waals surface area contributed by atoms with E-state index in [1.807, 2.05) is 43.3 Å². The third-order valence-electron chi connectivity index (χ3n) is 4.64. The van der Waals surface area contributed by atoms with Crippen LogP contribution in [0.4, 0.5) is 0 Å². The van der Waals surface area contributed by atoms with Crippen molar-refractivity contribution in [1.82, 2.24) is 25.0 Å². The van der Waals surface area contributed by atoms with Crippen LogP contribution < -0.4 is 10.9 Å². The van der Waals surface area contributed by atoms with Gasteiger partial charge in [0.1, 0.15) is 0 Å². The standard InChI is InChI=1S/C21H19N5O3/c1-14(15-7-3-2-4-8-15)11-22-19(27)20-24-18(25-29-20)12-26-13-23-17-10-6-5-9-16(17)21(26)28/h2-10,13-14H,11-12H2,1H3,(H,22,27). The fourth-order valence-electron chi connectivity index (χ4n) is 3.00. The molecule has 29 heavy (non-hydrogen) atoms. The lowest BCUT2D eigenvalue weighted by atomic mass is 10.0. The molecular formula is C21H19N5O3. The second kappa shape index (κ2) is 8.05. The van der Waals surface area contributed by atoms with Crippen molar-refractivity contribution < 1.29 is 9.32 Å². The van der Waals surface area contributed by atoms with Crippen molar-refractivity contribution in [2.75, 3.05) is 6.54 Å². The Bertz CT molecular complexity index is 1200. The lowest BCUT2D eigenvalue weighted by Gasteiger charge is -2.11. The third-order valence-corrected chi connectivity index (χ3v) is 4.64. The molecule has 2 heterocycles. The van der Waals surface area contributed by atoms with E-state index in [0.717, 1.165) is 5.56 Å². The van der Waals surface area contributed by atoms with Gasteiger partial charge in [0.15, 0.2) is 5.82 Å². The summed E-state index contributed by atoms with van der Waals surface area (Å²) < 4.78 is 6.44. The van der Waals surface area contributed by atoms with Crippen molar-refractivity contribution in [3.8, 4) is 0 Å². The van der Waals surface area contributed by atoms with Crippen molar-refractivity contribution >= 4 is 16.8 Å². The number of nitrogens with zero attached hydrogens (tertiary/aromatic N) is 4. The second-order valence-electron chi connectivity index (χ2n) is 6.73. The van der Waals surface area contributed by atoms with Crippen LogP contribution in [0, 0.1) is 0 Å². The van der Waals surface area contributed by atoms with E-state index in [1.165, 1.54) is 10.9 Å². The zero-order valence-electron chi connectivity index (χ0n) is 15.8. The zero-order valence-corrected chi connectivity index (χ0v) is 15.8. The molecule has 146 valence electrons. The van der Waals surface area contributed by atoms with Gasteiger partial charge in [-0.3, -0.25) is 14.2 Å². The SMILES string of the molecule is CC(CNC(=O)c1nc(Cn2cnc3ccccc3c2=O)no1)c1ccccc1. The highest BCUT2D eigenvalue weighted by molar-refractivity contribution is 5.89. The zero-order chi connectivity index (χ0) is 20.2. The predicted octanol–water partition coefficient (Wildman–Crippen LogP) is 2.36. The first-order chi connectivity index (χ1) is 14.1. The summed E-state index contributed by atoms with van der Waals surface area (Å²) >= 11 is 0. The minimum atomic E-state index is -0.449. The van der Waals surface area contributed by atoms with Crippen molar-refractivity contribution in [3.63, 3.8) is 0 Å². The number of carbonyl (C=O) groups excluding carboxylic acids is 1. The number of benzene rings is 2. The molecule has 4 aromatic rings. The van der Waals surface area contributed by atoms with Crippen LogP contribution in [0.2, 0.25) is 0 Å². The molecule has 1 unspecified atom stereocenters. The third kappa shape index (κ3) is 4.06. The molecule has 0 spiro atoms. The van der Waals surface area contributed by atoms with Crippen molar-refractivity contribution in [2.45, 2.75) is 19.4 Å². The van der Waals surface area contributed by atoms with Gasteiger partial charge in [-0.1, -0.05) is 54.5 Å². The lowest BCUT2D eigenvalue weighted by molar-refractivity contribution is 0.0907. The summed E-state index contributed by atoms with van der Waals surface area (Å²) in [5.41, 5.74) is 1.54. The Morgan fingerprint density at radius 3 is 2.72 bits per heavy atom. The second-order valence-corrected chi connectivity index (χ2v) is 6.73. The lowest BCUT2D eigenvalue weighted by Crippen LogP contribution is -2.28. The summed E-state index contributed by atoms with van der Waals surface area (Å²) in [4.78, 5) is 33.2. The number of fused-ring (bicyclic) bond motifs is 1. The van der Waals surface area contributed by atoms with E-state index in [1.54, 1.807) is 18.2 Å². The molecule has 1 N–H and O–H groups in total. The Morgan fingerprint density at radius 1 is 1.14 bits per heavy atom. The normalized spacial score (nSPS) is 12.0. The number of para-hydroxylation sites is 1. The molecule has 2 aromatic heterocycles. The van der Waals surface area contributed by atoms with Crippen LogP contribution in [-0.4, -0.2) is 32.1 Å². The highest BCUT2D eigenvalue weighted by atomic mass is 16.5. The molecule has 4 rings (SSSR count). The van der Waals surface area contributed by atoms with E-state index >= 15 is 0 Å². The average molecular weight is 389 g/mol. The van der Waals surface area contributed by atoms with E-state index in [9.17, 15) is 9.59 Å². The Balaban J connectivity index is 1.42. The molecular weight excluding hydrogens is 370 g/mol. The molecule has 0 aliphatic carbocycles. The maximum atomic E-state index is 12.5. The smallest absolute Gasteiger partial charge is 0.316 e. The molecule has 0 saturated heterocycles. The average Bonchev–Trinajstić information content (AvgIpc) is 3.23. The van der Waals surface area contributed by atoms with Gasteiger partial charge in [-0.05, 0) is 23.6 Å². The number of nitrogens with one attached hydrogen (secondary N) is 1. The van der Waals surface area contributed by atoms with Gasteiger partial charge in [0, 0.05) is 6.54 Å². The topological polar surface area (TPSA) is 103 Å². The Morgan fingerprint density at radius 2 is 1.90 bits per heavy atom. The molecule has 8 nitrogen and oxygen atoms in total. The first-order valence-electron chi connectivity index (χ1n) is 9.22. The van der Waals surface area contributed by atoms with Crippen LogP contribution in [0.1, 0.15) is 34.9 Å². The summed E-state index contributed by atoms with van der Waals surface area (Å²) in [6.07, 6.45) is 1.43. The highest BCUT2D eigenvalue weighted by Gasteiger charge is 2.17. The van der Waals surface area contributed by atoms with Gasteiger partial charge in [0.25, 0.3) is 5.56 Å².